The van der Waals surface area contributed by atoms with E-state index in [2.05, 4.69) is 5.32 Å². The number of halogens is 6. The predicted molar refractivity (Wildman–Crippen MR) is 79.0 cm³/mol. The summed E-state index contributed by atoms with van der Waals surface area (Å²) in [5, 5.41) is 2.93. The van der Waals surface area contributed by atoms with Crippen LogP contribution in [0.2, 0.25) is 5.02 Å². The summed E-state index contributed by atoms with van der Waals surface area (Å²) in [7, 11) is 0. The molecule has 1 heterocycles. The molecule has 1 atom stereocenters. The Morgan fingerprint density at radius 2 is 1.80 bits per heavy atom. The molecule has 1 N–H and O–H groups in total. The molecule has 8 heteroatoms. The molecule has 1 saturated heterocycles. The summed E-state index contributed by atoms with van der Waals surface area (Å²) < 4.78 is 40.8. The molecule has 0 saturated carbocycles. The van der Waals surface area contributed by atoms with Crippen LogP contribution >= 0.6 is 36.4 Å². The van der Waals surface area contributed by atoms with E-state index >= 15 is 0 Å². The molecule has 1 fully saturated rings. The number of nitrogens with zero attached hydrogens (tertiary/aromatic N) is 1. The van der Waals surface area contributed by atoms with E-state index in [1.807, 2.05) is 0 Å². The summed E-state index contributed by atoms with van der Waals surface area (Å²) in [5.41, 5.74) is -0.271. The van der Waals surface area contributed by atoms with Gasteiger partial charge in [0.05, 0.1) is 11.1 Å². The zero-order valence-electron chi connectivity index (χ0n) is 10.5. The number of rotatable bonds is 3. The van der Waals surface area contributed by atoms with Gasteiger partial charge in [-0.25, -0.2) is 13.2 Å². The molecule has 2 nitrogen and oxygen atoms in total. The first-order chi connectivity index (χ1) is 8.65. The second-order valence-corrected chi connectivity index (χ2v) is 4.62. The average molecular weight is 352 g/mol. The Bertz CT molecular complexity index is 429. The van der Waals surface area contributed by atoms with E-state index in [4.69, 9.17) is 11.6 Å². The molecule has 20 heavy (non-hydrogen) atoms. The summed E-state index contributed by atoms with van der Waals surface area (Å²) in [5.74, 6) is -1.61. The van der Waals surface area contributed by atoms with Crippen molar-refractivity contribution in [2.24, 2.45) is 0 Å². The quantitative estimate of drug-likeness (QED) is 0.840. The molecule has 0 aromatic heterocycles. The molecule has 2 rings (SSSR count). The molecule has 0 aliphatic carbocycles. The number of piperazine rings is 1. The van der Waals surface area contributed by atoms with Crippen LogP contribution in [0.25, 0.3) is 0 Å². The Morgan fingerprint density at radius 1 is 1.20 bits per heavy atom. The maximum absolute atomic E-state index is 13.9. The number of hydrogen-bond acceptors (Lipinski definition) is 2. The molecule has 1 aromatic carbocycles. The third-order valence-electron chi connectivity index (χ3n) is 3.15. The van der Waals surface area contributed by atoms with E-state index in [1.165, 1.54) is 0 Å². The largest absolute Gasteiger partial charge is 0.314 e. The first-order valence-electron chi connectivity index (χ1n) is 5.79. The minimum Gasteiger partial charge on any atom is -0.314 e. The van der Waals surface area contributed by atoms with Crippen molar-refractivity contribution in [1.82, 2.24) is 10.2 Å². The Labute approximate surface area is 133 Å². The molecule has 0 radical (unpaired) electrons. The predicted octanol–water partition coefficient (Wildman–Crippen LogP) is 3.38. The maximum Gasteiger partial charge on any atom is 0.149 e. The average Bonchev–Trinajstić information content (AvgIpc) is 2.40. The monoisotopic (exact) mass is 350 g/mol. The molecule has 116 valence electrons. The fraction of sp³-hybridized carbons (Fsp3) is 0.500. The van der Waals surface area contributed by atoms with Gasteiger partial charge in [0.1, 0.15) is 18.3 Å². The van der Waals surface area contributed by atoms with Crippen LogP contribution in [0.3, 0.4) is 0 Å². The van der Waals surface area contributed by atoms with Crippen LogP contribution in [0.5, 0.6) is 0 Å². The van der Waals surface area contributed by atoms with Crippen molar-refractivity contribution >= 4 is 36.4 Å². The smallest absolute Gasteiger partial charge is 0.149 e. The lowest BCUT2D eigenvalue weighted by molar-refractivity contribution is 0.141. The molecular formula is C12H16Cl3F3N2. The van der Waals surface area contributed by atoms with Crippen LogP contribution in [-0.4, -0.2) is 37.8 Å². The van der Waals surface area contributed by atoms with E-state index < -0.39 is 24.4 Å². The summed E-state index contributed by atoms with van der Waals surface area (Å²) in [6.45, 7) is 1.63. The number of alkyl halides is 1. The maximum atomic E-state index is 13.9. The van der Waals surface area contributed by atoms with Gasteiger partial charge in [-0.2, -0.15) is 0 Å². The topological polar surface area (TPSA) is 15.3 Å². The van der Waals surface area contributed by atoms with E-state index in [1.54, 1.807) is 4.90 Å². The minimum absolute atomic E-state index is 0. The van der Waals surface area contributed by atoms with Gasteiger partial charge in [0.15, 0.2) is 0 Å². The van der Waals surface area contributed by atoms with Gasteiger partial charge in [-0.05, 0) is 12.1 Å². The van der Waals surface area contributed by atoms with Gasteiger partial charge >= 0.3 is 0 Å². The molecule has 1 aliphatic rings. The summed E-state index contributed by atoms with van der Waals surface area (Å²) >= 11 is 5.63. The van der Waals surface area contributed by atoms with Gasteiger partial charge in [-0.3, -0.25) is 4.90 Å². The Balaban J connectivity index is 0.00000180. The van der Waals surface area contributed by atoms with Crippen molar-refractivity contribution in [3.05, 3.63) is 34.4 Å². The zero-order chi connectivity index (χ0) is 13.1. The van der Waals surface area contributed by atoms with E-state index in [0.717, 1.165) is 12.1 Å². The third kappa shape index (κ3) is 4.15. The summed E-state index contributed by atoms with van der Waals surface area (Å²) in [6.07, 6.45) is 0. The van der Waals surface area contributed by atoms with Crippen LogP contribution in [-0.2, 0) is 0 Å². The first-order valence-corrected chi connectivity index (χ1v) is 6.17. The number of hydrogen-bond donors (Lipinski definition) is 1. The minimum atomic E-state index is -0.911. The van der Waals surface area contributed by atoms with Gasteiger partial charge in [0.2, 0.25) is 0 Å². The van der Waals surface area contributed by atoms with Crippen molar-refractivity contribution in [1.29, 1.82) is 0 Å². The van der Waals surface area contributed by atoms with Gasteiger partial charge < -0.3 is 5.32 Å². The SMILES string of the molecule is Cl.Cl.FC[C@H](c1c(F)ccc(Cl)c1F)N1CCNCC1. The molecule has 0 bridgehead atoms. The highest BCUT2D eigenvalue weighted by atomic mass is 35.5. The molecule has 0 spiro atoms. The Morgan fingerprint density at radius 3 is 2.35 bits per heavy atom. The van der Waals surface area contributed by atoms with E-state index in [-0.39, 0.29) is 35.4 Å². The van der Waals surface area contributed by atoms with Gasteiger partial charge in [0.25, 0.3) is 0 Å². The Kier molecular flexibility index (Phi) is 8.86. The molecule has 1 aliphatic heterocycles. The van der Waals surface area contributed by atoms with Crippen LogP contribution < -0.4 is 5.32 Å². The summed E-state index contributed by atoms with van der Waals surface area (Å²) in [4.78, 5) is 1.73. The fourth-order valence-corrected chi connectivity index (χ4v) is 2.36. The molecular weight excluding hydrogens is 335 g/mol. The number of benzene rings is 1. The second-order valence-electron chi connectivity index (χ2n) is 4.21. The van der Waals surface area contributed by atoms with Crippen LogP contribution in [0.4, 0.5) is 13.2 Å². The molecule has 0 unspecified atom stereocenters. The third-order valence-corrected chi connectivity index (χ3v) is 3.44. The van der Waals surface area contributed by atoms with E-state index in [9.17, 15) is 13.2 Å². The lowest BCUT2D eigenvalue weighted by Gasteiger charge is -2.33. The normalized spacial score (nSPS) is 17.0. The van der Waals surface area contributed by atoms with Gasteiger partial charge in [0, 0.05) is 31.7 Å². The van der Waals surface area contributed by atoms with Crippen molar-refractivity contribution in [2.75, 3.05) is 32.9 Å². The van der Waals surface area contributed by atoms with E-state index in [0.29, 0.717) is 26.2 Å². The van der Waals surface area contributed by atoms with Gasteiger partial charge in [-0.15, -0.1) is 24.8 Å². The first kappa shape index (κ1) is 19.8. The highest BCUT2D eigenvalue weighted by Gasteiger charge is 2.28. The molecule has 0 amide bonds. The molecule has 1 aromatic rings. The van der Waals surface area contributed by atoms with Crippen molar-refractivity contribution in [3.63, 3.8) is 0 Å². The van der Waals surface area contributed by atoms with Crippen molar-refractivity contribution in [3.8, 4) is 0 Å². The Hall–Kier alpha value is -0.200. The highest BCUT2D eigenvalue weighted by Crippen LogP contribution is 2.30. The van der Waals surface area contributed by atoms with Crippen molar-refractivity contribution < 1.29 is 13.2 Å². The van der Waals surface area contributed by atoms with Crippen LogP contribution in [0, 0.1) is 11.6 Å². The lowest BCUT2D eigenvalue weighted by Crippen LogP contribution is -2.46. The zero-order valence-corrected chi connectivity index (χ0v) is 12.9. The number of nitrogens with one attached hydrogen (secondary N) is 1. The standard InChI is InChI=1S/C12H14ClF3N2.2ClH/c13-8-1-2-9(15)11(12(8)16)10(7-14)18-5-3-17-4-6-18;;/h1-2,10,17H,3-7H2;2*1H/t10-;;/m1../s1. The van der Waals surface area contributed by atoms with Crippen LogP contribution in [0.15, 0.2) is 12.1 Å². The van der Waals surface area contributed by atoms with Gasteiger partial charge in [-0.1, -0.05) is 11.6 Å². The summed E-state index contributed by atoms with van der Waals surface area (Å²) in [6, 6.07) is 1.31. The van der Waals surface area contributed by atoms with Crippen molar-refractivity contribution in [2.45, 2.75) is 6.04 Å². The lowest BCUT2D eigenvalue weighted by atomic mass is 10.0. The fourth-order valence-electron chi connectivity index (χ4n) is 2.20. The second kappa shape index (κ2) is 8.95. The van der Waals surface area contributed by atoms with Crippen LogP contribution in [0.1, 0.15) is 11.6 Å². The highest BCUT2D eigenvalue weighted by molar-refractivity contribution is 6.30.